The Morgan fingerprint density at radius 1 is 1.31 bits per heavy atom. The van der Waals surface area contributed by atoms with Gasteiger partial charge in [0, 0.05) is 20.2 Å². The summed E-state index contributed by atoms with van der Waals surface area (Å²) in [6.45, 7) is 0.982. The summed E-state index contributed by atoms with van der Waals surface area (Å²) >= 11 is 0. The molecule has 0 heterocycles. The number of aliphatic hydroxyl groups excluding tert-OH is 1. The van der Waals surface area contributed by atoms with Crippen LogP contribution in [0.4, 0.5) is 0 Å². The molecule has 1 rings (SSSR count). The zero-order valence-corrected chi connectivity index (χ0v) is 10.2. The number of hydrogen-bond donors (Lipinski definition) is 2. The highest BCUT2D eigenvalue weighted by Crippen LogP contribution is 2.28. The molecule has 0 atom stereocenters. The molecule has 3 N–H and O–H groups in total. The second-order valence-electron chi connectivity index (χ2n) is 4.87. The second kappa shape index (κ2) is 6.21. The monoisotopic (exact) mass is 228 g/mol. The molecule has 0 aromatic rings. The number of amides is 1. The smallest absolute Gasteiger partial charge is 0.242 e. The van der Waals surface area contributed by atoms with E-state index in [-0.39, 0.29) is 12.5 Å². The summed E-state index contributed by atoms with van der Waals surface area (Å²) in [5.74, 6) is 0.0917. The van der Waals surface area contributed by atoms with E-state index in [0.29, 0.717) is 0 Å². The Kier molecular flexibility index (Phi) is 5.22. The van der Waals surface area contributed by atoms with Crippen LogP contribution in [0.5, 0.6) is 0 Å². The lowest BCUT2D eigenvalue weighted by Crippen LogP contribution is -2.52. The van der Waals surface area contributed by atoms with Gasteiger partial charge in [0.1, 0.15) is 0 Å². The van der Waals surface area contributed by atoms with Gasteiger partial charge in [0.2, 0.25) is 5.91 Å². The van der Waals surface area contributed by atoms with E-state index in [9.17, 15) is 4.79 Å². The first-order valence-corrected chi connectivity index (χ1v) is 6.25. The number of rotatable bonds is 6. The topological polar surface area (TPSA) is 66.6 Å². The van der Waals surface area contributed by atoms with Crippen LogP contribution in [0.2, 0.25) is 0 Å². The lowest BCUT2D eigenvalue weighted by Gasteiger charge is -2.28. The fraction of sp³-hybridized carbons (Fsp3) is 0.917. The van der Waals surface area contributed by atoms with Gasteiger partial charge in [0.15, 0.2) is 0 Å². The van der Waals surface area contributed by atoms with Crippen molar-refractivity contribution in [1.82, 2.24) is 4.90 Å². The Hall–Kier alpha value is -0.610. The second-order valence-corrected chi connectivity index (χ2v) is 4.87. The molecule has 1 amide bonds. The lowest BCUT2D eigenvalue weighted by molar-refractivity contribution is -0.135. The molecular formula is C12H24N2O2. The van der Waals surface area contributed by atoms with Gasteiger partial charge in [0.05, 0.1) is 5.54 Å². The Morgan fingerprint density at radius 3 is 2.50 bits per heavy atom. The normalized spacial score (nSPS) is 18.7. The van der Waals surface area contributed by atoms with Crippen LogP contribution in [0.1, 0.15) is 44.9 Å². The van der Waals surface area contributed by atoms with Crippen LogP contribution in [-0.2, 0) is 4.79 Å². The number of aliphatic hydroxyl groups is 1. The molecule has 0 aromatic heterocycles. The van der Waals surface area contributed by atoms with Crippen molar-refractivity contribution >= 4 is 5.91 Å². The summed E-state index contributed by atoms with van der Waals surface area (Å²) in [7, 11) is 1.83. The summed E-state index contributed by atoms with van der Waals surface area (Å²) in [6.07, 6.45) is 6.52. The molecule has 0 unspecified atom stereocenters. The number of nitrogens with two attached hydrogens (primary N) is 1. The van der Waals surface area contributed by atoms with Crippen molar-refractivity contribution in [1.29, 1.82) is 0 Å². The fourth-order valence-corrected chi connectivity index (χ4v) is 2.34. The molecular weight excluding hydrogens is 204 g/mol. The fourth-order valence-electron chi connectivity index (χ4n) is 2.34. The molecule has 0 bridgehead atoms. The Labute approximate surface area is 97.8 Å². The van der Waals surface area contributed by atoms with Gasteiger partial charge in [-0.3, -0.25) is 4.79 Å². The molecule has 16 heavy (non-hydrogen) atoms. The molecule has 1 saturated carbocycles. The van der Waals surface area contributed by atoms with Crippen LogP contribution >= 0.6 is 0 Å². The van der Waals surface area contributed by atoms with E-state index in [4.69, 9.17) is 10.8 Å². The summed E-state index contributed by atoms with van der Waals surface area (Å²) in [6, 6.07) is 0. The standard InChI is InChI=1S/C12H24N2O2/c1-14(9-5-2-6-10-15)11(16)12(13)7-3-4-8-12/h15H,2-10,13H2,1H3. The molecule has 0 radical (unpaired) electrons. The van der Waals surface area contributed by atoms with Crippen molar-refractivity contribution in [2.75, 3.05) is 20.2 Å². The minimum Gasteiger partial charge on any atom is -0.396 e. The molecule has 4 heteroatoms. The van der Waals surface area contributed by atoms with Crippen molar-refractivity contribution < 1.29 is 9.90 Å². The van der Waals surface area contributed by atoms with Gasteiger partial charge in [-0.25, -0.2) is 0 Å². The van der Waals surface area contributed by atoms with E-state index < -0.39 is 5.54 Å². The van der Waals surface area contributed by atoms with Gasteiger partial charge in [-0.05, 0) is 32.1 Å². The number of carbonyl (C=O) groups is 1. The van der Waals surface area contributed by atoms with Crippen molar-refractivity contribution in [2.45, 2.75) is 50.5 Å². The maximum Gasteiger partial charge on any atom is 0.242 e. The Balaban J connectivity index is 2.30. The van der Waals surface area contributed by atoms with Crippen molar-refractivity contribution in [2.24, 2.45) is 5.73 Å². The van der Waals surface area contributed by atoms with Crippen LogP contribution in [0.15, 0.2) is 0 Å². The average Bonchev–Trinajstić information content (AvgIpc) is 2.71. The molecule has 0 aromatic carbocycles. The molecule has 4 nitrogen and oxygen atoms in total. The minimum absolute atomic E-state index is 0.0917. The zero-order valence-electron chi connectivity index (χ0n) is 10.2. The SMILES string of the molecule is CN(CCCCCO)C(=O)C1(N)CCCC1. The summed E-state index contributed by atoms with van der Waals surface area (Å²) in [5, 5.41) is 8.65. The van der Waals surface area contributed by atoms with E-state index in [1.165, 1.54) is 0 Å². The first-order chi connectivity index (χ1) is 7.60. The maximum atomic E-state index is 12.1. The van der Waals surface area contributed by atoms with Gasteiger partial charge in [-0.2, -0.15) is 0 Å². The molecule has 0 spiro atoms. The minimum atomic E-state index is -0.592. The third-order valence-corrected chi connectivity index (χ3v) is 3.42. The quantitative estimate of drug-likeness (QED) is 0.663. The summed E-state index contributed by atoms with van der Waals surface area (Å²) in [5.41, 5.74) is 5.51. The van der Waals surface area contributed by atoms with Gasteiger partial charge < -0.3 is 15.7 Å². The average molecular weight is 228 g/mol. The number of nitrogens with zero attached hydrogens (tertiary/aromatic N) is 1. The molecule has 94 valence electrons. The lowest BCUT2D eigenvalue weighted by atomic mass is 9.97. The van der Waals surface area contributed by atoms with Gasteiger partial charge in [-0.15, -0.1) is 0 Å². The maximum absolute atomic E-state index is 12.1. The predicted octanol–water partition coefficient (Wildman–Crippen LogP) is 0.879. The predicted molar refractivity (Wildman–Crippen MR) is 64.0 cm³/mol. The Bertz CT molecular complexity index is 225. The summed E-state index contributed by atoms with van der Waals surface area (Å²) < 4.78 is 0. The summed E-state index contributed by atoms with van der Waals surface area (Å²) in [4.78, 5) is 13.8. The van der Waals surface area contributed by atoms with Crippen LogP contribution in [0, 0.1) is 0 Å². The van der Waals surface area contributed by atoms with E-state index in [0.717, 1.165) is 51.5 Å². The van der Waals surface area contributed by atoms with Gasteiger partial charge in [0.25, 0.3) is 0 Å². The first-order valence-electron chi connectivity index (χ1n) is 6.25. The van der Waals surface area contributed by atoms with Gasteiger partial charge in [-0.1, -0.05) is 12.8 Å². The number of hydrogen-bond acceptors (Lipinski definition) is 3. The molecule has 1 aliphatic rings. The number of carbonyl (C=O) groups excluding carboxylic acids is 1. The van der Waals surface area contributed by atoms with E-state index >= 15 is 0 Å². The molecule has 0 aliphatic heterocycles. The number of unbranched alkanes of at least 4 members (excludes halogenated alkanes) is 2. The van der Waals surface area contributed by atoms with Crippen molar-refractivity contribution in [3.8, 4) is 0 Å². The molecule has 1 fully saturated rings. The van der Waals surface area contributed by atoms with Crippen molar-refractivity contribution in [3.63, 3.8) is 0 Å². The third kappa shape index (κ3) is 3.46. The highest BCUT2D eigenvalue weighted by Gasteiger charge is 2.38. The molecule has 1 aliphatic carbocycles. The molecule has 0 saturated heterocycles. The van der Waals surface area contributed by atoms with Crippen LogP contribution in [-0.4, -0.2) is 41.7 Å². The number of likely N-dealkylation sites (N-methyl/N-ethyl adjacent to an activating group) is 1. The van der Waals surface area contributed by atoms with Gasteiger partial charge >= 0.3 is 0 Å². The zero-order chi connectivity index (χ0) is 12.0. The van der Waals surface area contributed by atoms with E-state index in [1.54, 1.807) is 4.90 Å². The van der Waals surface area contributed by atoms with E-state index in [1.807, 2.05) is 7.05 Å². The highest BCUT2D eigenvalue weighted by molar-refractivity contribution is 5.86. The highest BCUT2D eigenvalue weighted by atomic mass is 16.2. The Morgan fingerprint density at radius 2 is 1.94 bits per heavy atom. The largest absolute Gasteiger partial charge is 0.396 e. The third-order valence-electron chi connectivity index (χ3n) is 3.42. The van der Waals surface area contributed by atoms with Crippen LogP contribution in [0.25, 0.3) is 0 Å². The van der Waals surface area contributed by atoms with Crippen LogP contribution < -0.4 is 5.73 Å². The van der Waals surface area contributed by atoms with Crippen molar-refractivity contribution in [3.05, 3.63) is 0 Å². The first kappa shape index (κ1) is 13.5. The van der Waals surface area contributed by atoms with E-state index in [2.05, 4.69) is 0 Å². The van der Waals surface area contributed by atoms with Crippen LogP contribution in [0.3, 0.4) is 0 Å².